The Morgan fingerprint density at radius 2 is 2.22 bits per heavy atom. The Hall–Kier alpha value is -1.07. The molecule has 1 aromatic carbocycles. The smallest absolute Gasteiger partial charge is 0.256 e. The van der Waals surface area contributed by atoms with E-state index < -0.39 is 0 Å². The number of benzene rings is 1. The summed E-state index contributed by atoms with van der Waals surface area (Å²) in [6.45, 7) is 5.73. The zero-order valence-electron chi connectivity index (χ0n) is 10.6. The predicted molar refractivity (Wildman–Crippen MR) is 74.5 cm³/mol. The molecule has 1 saturated heterocycles. The summed E-state index contributed by atoms with van der Waals surface area (Å²) in [4.78, 5) is 14.2. The molecule has 0 radical (unpaired) electrons. The number of hydrogen-bond donors (Lipinski definition) is 1. The summed E-state index contributed by atoms with van der Waals surface area (Å²) in [6.07, 6.45) is 0. The first-order chi connectivity index (χ1) is 8.39. The molecule has 1 heterocycles. The van der Waals surface area contributed by atoms with Crippen molar-refractivity contribution in [2.24, 2.45) is 0 Å². The molecule has 0 bridgehead atoms. The van der Waals surface area contributed by atoms with Crippen molar-refractivity contribution in [2.45, 2.75) is 19.4 Å². The van der Waals surface area contributed by atoms with Gasteiger partial charge < -0.3 is 15.4 Å². The summed E-state index contributed by atoms with van der Waals surface area (Å²) in [7, 11) is 0. The fourth-order valence-electron chi connectivity index (χ4n) is 2.09. The first-order valence-electron chi connectivity index (χ1n) is 5.87. The van der Waals surface area contributed by atoms with E-state index in [0.717, 1.165) is 4.47 Å². The average molecular weight is 313 g/mol. The minimum absolute atomic E-state index is 0.0311. The van der Waals surface area contributed by atoms with Gasteiger partial charge in [0.1, 0.15) is 0 Å². The molecule has 0 saturated carbocycles. The van der Waals surface area contributed by atoms with Gasteiger partial charge in [-0.05, 0) is 32.0 Å². The normalized spacial score (nSPS) is 18.7. The van der Waals surface area contributed by atoms with Crippen molar-refractivity contribution in [3.8, 4) is 0 Å². The average Bonchev–Trinajstić information content (AvgIpc) is 2.27. The van der Waals surface area contributed by atoms with Crippen LogP contribution >= 0.6 is 15.9 Å². The maximum absolute atomic E-state index is 12.4. The lowest BCUT2D eigenvalue weighted by atomic mass is 10.1. The molecule has 1 aromatic rings. The number of carbonyl (C=O) groups is 1. The van der Waals surface area contributed by atoms with Crippen LogP contribution in [0, 0.1) is 0 Å². The molecular weight excluding hydrogens is 296 g/mol. The Morgan fingerprint density at radius 3 is 2.83 bits per heavy atom. The minimum atomic E-state index is -0.294. The maximum Gasteiger partial charge on any atom is 0.256 e. The Balaban J connectivity index is 2.20. The van der Waals surface area contributed by atoms with Crippen LogP contribution in [-0.4, -0.2) is 36.1 Å². The summed E-state index contributed by atoms with van der Waals surface area (Å²) < 4.78 is 6.47. The molecule has 1 fully saturated rings. The van der Waals surface area contributed by atoms with Gasteiger partial charge in [-0.15, -0.1) is 0 Å². The van der Waals surface area contributed by atoms with Gasteiger partial charge in [0.05, 0.1) is 17.8 Å². The molecule has 2 N–H and O–H groups in total. The molecule has 1 amide bonds. The van der Waals surface area contributed by atoms with Gasteiger partial charge in [0.25, 0.3) is 5.91 Å². The quantitative estimate of drug-likeness (QED) is 0.809. The number of ether oxygens (including phenoxy) is 1. The van der Waals surface area contributed by atoms with Crippen LogP contribution in [0.2, 0.25) is 0 Å². The van der Waals surface area contributed by atoms with Crippen LogP contribution in [0.25, 0.3) is 0 Å². The summed E-state index contributed by atoms with van der Waals surface area (Å²) in [5.74, 6) is -0.0311. The van der Waals surface area contributed by atoms with Crippen molar-refractivity contribution in [2.75, 3.05) is 25.4 Å². The first-order valence-corrected chi connectivity index (χ1v) is 6.67. The van der Waals surface area contributed by atoms with E-state index in [1.807, 2.05) is 19.9 Å². The highest BCUT2D eigenvalue weighted by Crippen LogP contribution is 2.23. The molecule has 0 atom stereocenters. The van der Waals surface area contributed by atoms with E-state index in [-0.39, 0.29) is 11.5 Å². The van der Waals surface area contributed by atoms with Crippen LogP contribution in [0.4, 0.5) is 5.69 Å². The van der Waals surface area contributed by atoms with E-state index >= 15 is 0 Å². The number of halogens is 1. The predicted octanol–water partition coefficient (Wildman–Crippen LogP) is 2.28. The fourth-order valence-corrected chi connectivity index (χ4v) is 2.47. The molecule has 0 spiro atoms. The van der Waals surface area contributed by atoms with Crippen LogP contribution in [0.15, 0.2) is 22.7 Å². The van der Waals surface area contributed by atoms with Gasteiger partial charge in [0.2, 0.25) is 0 Å². The summed E-state index contributed by atoms with van der Waals surface area (Å²) in [6, 6.07) is 5.33. The van der Waals surface area contributed by atoms with Crippen LogP contribution in [0.5, 0.6) is 0 Å². The molecule has 5 heteroatoms. The highest BCUT2D eigenvalue weighted by Gasteiger charge is 2.30. The highest BCUT2D eigenvalue weighted by molar-refractivity contribution is 9.10. The van der Waals surface area contributed by atoms with E-state index in [0.29, 0.717) is 30.9 Å². The number of carbonyl (C=O) groups excluding carboxylic acids is 1. The van der Waals surface area contributed by atoms with Crippen molar-refractivity contribution < 1.29 is 9.53 Å². The Kier molecular flexibility index (Phi) is 3.64. The monoisotopic (exact) mass is 312 g/mol. The Labute approximate surface area is 115 Å². The zero-order valence-corrected chi connectivity index (χ0v) is 12.2. The molecule has 2 rings (SSSR count). The van der Waals surface area contributed by atoms with Gasteiger partial charge in [-0.1, -0.05) is 15.9 Å². The number of hydrogen-bond acceptors (Lipinski definition) is 3. The van der Waals surface area contributed by atoms with Crippen molar-refractivity contribution in [3.05, 3.63) is 28.2 Å². The largest absolute Gasteiger partial charge is 0.398 e. The third kappa shape index (κ3) is 2.84. The van der Waals surface area contributed by atoms with Gasteiger partial charge in [0, 0.05) is 23.2 Å². The van der Waals surface area contributed by atoms with Crippen LogP contribution in [0.3, 0.4) is 0 Å². The second kappa shape index (κ2) is 4.90. The topological polar surface area (TPSA) is 55.6 Å². The first kappa shape index (κ1) is 13.4. The van der Waals surface area contributed by atoms with Gasteiger partial charge in [-0.3, -0.25) is 4.79 Å². The van der Waals surface area contributed by atoms with Crippen molar-refractivity contribution in [1.82, 2.24) is 4.90 Å². The molecule has 4 nitrogen and oxygen atoms in total. The third-order valence-electron chi connectivity index (χ3n) is 2.96. The number of nitrogen functional groups attached to an aromatic ring is 1. The van der Waals surface area contributed by atoms with Crippen LogP contribution < -0.4 is 5.73 Å². The molecule has 0 unspecified atom stereocenters. The standard InChI is InChI=1S/C13H17BrN2O2/c1-13(2)8-16(5-6-18-13)12(17)10-4-3-9(14)7-11(10)15/h3-4,7H,5-6,8,15H2,1-2H3. The molecule has 18 heavy (non-hydrogen) atoms. The number of nitrogens with two attached hydrogens (primary N) is 1. The molecule has 0 aromatic heterocycles. The van der Waals surface area contributed by atoms with E-state index in [4.69, 9.17) is 10.5 Å². The molecule has 98 valence electrons. The lowest BCUT2D eigenvalue weighted by molar-refractivity contribution is -0.0763. The fraction of sp³-hybridized carbons (Fsp3) is 0.462. The molecule has 1 aliphatic heterocycles. The molecule has 1 aliphatic rings. The van der Waals surface area contributed by atoms with Gasteiger partial charge in [-0.2, -0.15) is 0 Å². The number of anilines is 1. The summed E-state index contributed by atoms with van der Waals surface area (Å²) in [5.41, 5.74) is 6.64. The van der Waals surface area contributed by atoms with Gasteiger partial charge >= 0.3 is 0 Å². The Morgan fingerprint density at radius 1 is 1.50 bits per heavy atom. The van der Waals surface area contributed by atoms with Gasteiger partial charge in [-0.25, -0.2) is 0 Å². The third-order valence-corrected chi connectivity index (χ3v) is 3.45. The zero-order chi connectivity index (χ0) is 13.3. The second-order valence-electron chi connectivity index (χ2n) is 5.07. The van der Waals surface area contributed by atoms with Crippen molar-refractivity contribution in [1.29, 1.82) is 0 Å². The van der Waals surface area contributed by atoms with E-state index in [2.05, 4.69) is 15.9 Å². The molecular formula is C13H17BrN2O2. The lowest BCUT2D eigenvalue weighted by Crippen LogP contribution is -2.50. The highest BCUT2D eigenvalue weighted by atomic mass is 79.9. The van der Waals surface area contributed by atoms with E-state index in [9.17, 15) is 4.79 Å². The SMILES string of the molecule is CC1(C)CN(C(=O)c2ccc(Br)cc2N)CCO1. The van der Waals surface area contributed by atoms with Gasteiger partial charge in [0.15, 0.2) is 0 Å². The molecule has 0 aliphatic carbocycles. The summed E-state index contributed by atoms with van der Waals surface area (Å²) >= 11 is 3.33. The summed E-state index contributed by atoms with van der Waals surface area (Å²) in [5, 5.41) is 0. The number of amides is 1. The van der Waals surface area contributed by atoms with E-state index in [1.165, 1.54) is 0 Å². The van der Waals surface area contributed by atoms with Crippen LogP contribution in [-0.2, 0) is 4.74 Å². The maximum atomic E-state index is 12.4. The number of rotatable bonds is 1. The second-order valence-corrected chi connectivity index (χ2v) is 5.98. The van der Waals surface area contributed by atoms with Crippen molar-refractivity contribution in [3.63, 3.8) is 0 Å². The van der Waals surface area contributed by atoms with Crippen molar-refractivity contribution >= 4 is 27.5 Å². The lowest BCUT2D eigenvalue weighted by Gasteiger charge is -2.38. The number of nitrogens with zero attached hydrogens (tertiary/aromatic N) is 1. The minimum Gasteiger partial charge on any atom is -0.398 e. The van der Waals surface area contributed by atoms with Crippen LogP contribution in [0.1, 0.15) is 24.2 Å². The Bertz CT molecular complexity index is 474. The van der Waals surface area contributed by atoms with E-state index in [1.54, 1.807) is 17.0 Å². The number of morpholine rings is 1.